The molecule has 0 saturated carbocycles. The average Bonchev–Trinajstić information content (AvgIpc) is 2.08. The third-order valence-electron chi connectivity index (χ3n) is 1.53. The standard InChI is InChI=1S/C8H15F3INO/c9-8(10,11)14-7-6-13-5-3-1-2-4-12/h13H,1-7H2. The van der Waals surface area contributed by atoms with Gasteiger partial charge in [0, 0.05) is 6.54 Å². The summed E-state index contributed by atoms with van der Waals surface area (Å²) >= 11 is 2.31. The Hall–Kier alpha value is 0.440. The van der Waals surface area contributed by atoms with Crippen LogP contribution in [0.3, 0.4) is 0 Å². The molecule has 0 radical (unpaired) electrons. The molecule has 0 spiro atoms. The van der Waals surface area contributed by atoms with E-state index in [0.717, 1.165) is 23.8 Å². The van der Waals surface area contributed by atoms with Crippen molar-refractivity contribution in [1.82, 2.24) is 5.32 Å². The van der Waals surface area contributed by atoms with E-state index in [1.54, 1.807) is 0 Å². The van der Waals surface area contributed by atoms with Gasteiger partial charge in [-0.05, 0) is 23.8 Å². The number of nitrogens with one attached hydrogen (secondary N) is 1. The zero-order valence-electron chi connectivity index (χ0n) is 7.87. The summed E-state index contributed by atoms with van der Waals surface area (Å²) in [6.07, 6.45) is -1.20. The molecular formula is C8H15F3INO. The molecule has 0 aromatic heterocycles. The third-order valence-corrected chi connectivity index (χ3v) is 2.29. The first kappa shape index (κ1) is 14.4. The quantitative estimate of drug-likeness (QED) is 0.421. The summed E-state index contributed by atoms with van der Waals surface area (Å²) in [5.74, 6) is 0. The van der Waals surface area contributed by atoms with Crippen LogP contribution < -0.4 is 5.32 Å². The molecule has 0 aliphatic rings. The molecule has 0 amide bonds. The first-order chi connectivity index (χ1) is 6.56. The molecule has 0 aliphatic carbocycles. The van der Waals surface area contributed by atoms with Crippen molar-refractivity contribution in [3.05, 3.63) is 0 Å². The number of rotatable bonds is 8. The van der Waals surface area contributed by atoms with Gasteiger partial charge in [0.1, 0.15) is 0 Å². The van der Waals surface area contributed by atoms with Crippen LogP contribution >= 0.6 is 22.6 Å². The number of unbranched alkanes of at least 4 members (excludes halogenated alkanes) is 2. The van der Waals surface area contributed by atoms with Gasteiger partial charge < -0.3 is 5.32 Å². The molecule has 0 heterocycles. The topological polar surface area (TPSA) is 21.3 Å². The molecule has 0 saturated heterocycles. The molecule has 0 unspecified atom stereocenters. The van der Waals surface area contributed by atoms with Crippen molar-refractivity contribution in [2.24, 2.45) is 0 Å². The molecule has 1 N–H and O–H groups in total. The second-order valence-electron chi connectivity index (χ2n) is 2.79. The van der Waals surface area contributed by atoms with Crippen LogP contribution in [0.2, 0.25) is 0 Å². The highest BCUT2D eigenvalue weighted by Gasteiger charge is 2.28. The maximum absolute atomic E-state index is 11.5. The summed E-state index contributed by atoms with van der Waals surface area (Å²) in [7, 11) is 0. The van der Waals surface area contributed by atoms with Crippen molar-refractivity contribution in [3.8, 4) is 0 Å². The first-order valence-electron chi connectivity index (χ1n) is 4.53. The van der Waals surface area contributed by atoms with Gasteiger partial charge in [0.05, 0.1) is 6.61 Å². The van der Waals surface area contributed by atoms with Gasteiger partial charge in [0.25, 0.3) is 0 Å². The summed E-state index contributed by atoms with van der Waals surface area (Å²) in [5.41, 5.74) is 0. The molecule has 6 heteroatoms. The minimum absolute atomic E-state index is 0.254. The number of alkyl halides is 4. The highest BCUT2D eigenvalue weighted by atomic mass is 127. The van der Waals surface area contributed by atoms with Crippen LogP contribution in [0.25, 0.3) is 0 Å². The Morgan fingerprint density at radius 2 is 1.79 bits per heavy atom. The largest absolute Gasteiger partial charge is 0.522 e. The minimum atomic E-state index is -4.50. The normalized spacial score (nSPS) is 12.0. The van der Waals surface area contributed by atoms with E-state index in [1.165, 1.54) is 6.42 Å². The van der Waals surface area contributed by atoms with E-state index < -0.39 is 6.36 Å². The zero-order valence-corrected chi connectivity index (χ0v) is 10.0. The fourth-order valence-corrected chi connectivity index (χ4v) is 1.42. The van der Waals surface area contributed by atoms with E-state index >= 15 is 0 Å². The summed E-state index contributed by atoms with van der Waals surface area (Å²) in [6, 6.07) is 0. The SMILES string of the molecule is FC(F)(F)OCCNCCCCCI. The predicted octanol–water partition coefficient (Wildman–Crippen LogP) is 2.72. The van der Waals surface area contributed by atoms with E-state index in [9.17, 15) is 13.2 Å². The second-order valence-corrected chi connectivity index (χ2v) is 3.87. The number of ether oxygens (including phenoxy) is 1. The molecule has 0 bridgehead atoms. The van der Waals surface area contributed by atoms with Gasteiger partial charge >= 0.3 is 6.36 Å². The van der Waals surface area contributed by atoms with E-state index in [0.29, 0.717) is 0 Å². The molecule has 0 rings (SSSR count). The van der Waals surface area contributed by atoms with Gasteiger partial charge in [0.2, 0.25) is 0 Å². The average molecular weight is 325 g/mol. The number of halogens is 4. The smallest absolute Gasteiger partial charge is 0.314 e. The van der Waals surface area contributed by atoms with E-state index in [4.69, 9.17) is 0 Å². The molecule has 0 fully saturated rings. The van der Waals surface area contributed by atoms with Gasteiger partial charge in [0.15, 0.2) is 0 Å². The minimum Gasteiger partial charge on any atom is -0.314 e. The fourth-order valence-electron chi connectivity index (χ4n) is 0.885. The summed E-state index contributed by atoms with van der Waals surface area (Å²) < 4.78 is 39.2. The molecule has 2 nitrogen and oxygen atoms in total. The highest BCUT2D eigenvalue weighted by Crippen LogP contribution is 2.14. The van der Waals surface area contributed by atoms with Gasteiger partial charge in [-0.25, -0.2) is 0 Å². The lowest BCUT2D eigenvalue weighted by Gasteiger charge is -2.07. The maximum atomic E-state index is 11.5. The van der Waals surface area contributed by atoms with Crippen molar-refractivity contribution in [3.63, 3.8) is 0 Å². The lowest BCUT2D eigenvalue weighted by atomic mass is 10.2. The molecule has 0 aromatic carbocycles. The first-order valence-corrected chi connectivity index (χ1v) is 6.06. The second kappa shape index (κ2) is 8.72. The zero-order chi connectivity index (χ0) is 10.9. The Morgan fingerprint density at radius 1 is 1.07 bits per heavy atom. The molecule has 0 atom stereocenters. The fraction of sp³-hybridized carbons (Fsp3) is 1.00. The van der Waals surface area contributed by atoms with Crippen LogP contribution in [-0.4, -0.2) is 30.5 Å². The van der Waals surface area contributed by atoms with Gasteiger partial charge in [-0.15, -0.1) is 13.2 Å². The highest BCUT2D eigenvalue weighted by molar-refractivity contribution is 14.1. The van der Waals surface area contributed by atoms with Crippen molar-refractivity contribution < 1.29 is 17.9 Å². The Labute approximate surface area is 95.7 Å². The van der Waals surface area contributed by atoms with E-state index in [2.05, 4.69) is 32.6 Å². The van der Waals surface area contributed by atoms with Gasteiger partial charge in [-0.2, -0.15) is 0 Å². The Bertz CT molecular complexity index is 132. The molecule has 0 aliphatic heterocycles. The Balaban J connectivity index is 2.99. The van der Waals surface area contributed by atoms with Crippen LogP contribution in [-0.2, 0) is 4.74 Å². The summed E-state index contributed by atoms with van der Waals surface area (Å²) in [6.45, 7) is 0.706. The van der Waals surface area contributed by atoms with Crippen molar-refractivity contribution in [1.29, 1.82) is 0 Å². The van der Waals surface area contributed by atoms with Crippen LogP contribution in [0.15, 0.2) is 0 Å². The van der Waals surface area contributed by atoms with Crippen molar-refractivity contribution in [2.45, 2.75) is 25.6 Å². The van der Waals surface area contributed by atoms with Crippen molar-refractivity contribution in [2.75, 3.05) is 24.1 Å². The predicted molar refractivity (Wildman–Crippen MR) is 57.6 cm³/mol. The monoisotopic (exact) mass is 325 g/mol. The summed E-state index contributed by atoms with van der Waals surface area (Å²) in [5, 5.41) is 2.89. The Morgan fingerprint density at radius 3 is 2.36 bits per heavy atom. The lowest BCUT2D eigenvalue weighted by Crippen LogP contribution is -2.24. The van der Waals surface area contributed by atoms with Crippen LogP contribution in [0.1, 0.15) is 19.3 Å². The van der Waals surface area contributed by atoms with Crippen LogP contribution in [0.4, 0.5) is 13.2 Å². The van der Waals surface area contributed by atoms with Crippen LogP contribution in [0, 0.1) is 0 Å². The van der Waals surface area contributed by atoms with E-state index in [-0.39, 0.29) is 13.2 Å². The molecule has 14 heavy (non-hydrogen) atoms. The van der Waals surface area contributed by atoms with Gasteiger partial charge in [-0.3, -0.25) is 4.74 Å². The van der Waals surface area contributed by atoms with Crippen LogP contribution in [0.5, 0.6) is 0 Å². The van der Waals surface area contributed by atoms with E-state index in [1.807, 2.05) is 0 Å². The molecular weight excluding hydrogens is 310 g/mol. The maximum Gasteiger partial charge on any atom is 0.522 e. The lowest BCUT2D eigenvalue weighted by molar-refractivity contribution is -0.323. The molecule has 0 aromatic rings. The molecule has 86 valence electrons. The van der Waals surface area contributed by atoms with Crippen molar-refractivity contribution >= 4 is 22.6 Å². The Kier molecular flexibility index (Phi) is 9.00. The van der Waals surface area contributed by atoms with Gasteiger partial charge in [-0.1, -0.05) is 29.0 Å². The third kappa shape index (κ3) is 12.4. The number of hydrogen-bond acceptors (Lipinski definition) is 2. The number of hydrogen-bond donors (Lipinski definition) is 1. The summed E-state index contributed by atoms with van der Waals surface area (Å²) in [4.78, 5) is 0.